The molecule has 1 aliphatic rings. The topological polar surface area (TPSA) is 68.0 Å². The van der Waals surface area contributed by atoms with Crippen LogP contribution in [0.5, 0.6) is 0 Å². The number of carboxylic acid groups (broad SMARTS) is 1. The number of carbonyl (C=O) groups is 1. The Hall–Kier alpha value is -1.39. The minimum Gasteiger partial charge on any atom is -0.476 e. The average Bonchev–Trinajstić information content (AvgIpc) is 2.66. The van der Waals surface area contributed by atoms with Gasteiger partial charge >= 0.3 is 5.97 Å². The zero-order valence-electron chi connectivity index (χ0n) is 6.47. The third-order valence-electron chi connectivity index (χ3n) is 1.87. The van der Waals surface area contributed by atoms with E-state index in [2.05, 4.69) is 10.2 Å². The highest BCUT2D eigenvalue weighted by molar-refractivity contribution is 5.84. The molecule has 0 aromatic carbocycles. The first-order valence-corrected chi connectivity index (χ1v) is 3.89. The Morgan fingerprint density at radius 1 is 1.75 bits per heavy atom. The second kappa shape index (κ2) is 2.58. The molecule has 0 spiro atoms. The molecule has 5 nitrogen and oxygen atoms in total. The van der Waals surface area contributed by atoms with Gasteiger partial charge in [-0.25, -0.2) is 4.79 Å². The van der Waals surface area contributed by atoms with Crippen molar-refractivity contribution in [2.45, 2.75) is 19.4 Å². The highest BCUT2D eigenvalue weighted by Gasteiger charge is 2.23. The zero-order valence-corrected chi connectivity index (χ0v) is 6.47. The summed E-state index contributed by atoms with van der Waals surface area (Å²) in [6, 6.07) is 0. The van der Waals surface area contributed by atoms with Crippen LogP contribution in [-0.4, -0.2) is 26.1 Å². The number of hydrogen-bond acceptors (Lipinski definition) is 3. The predicted octanol–water partition coefficient (Wildman–Crippen LogP) is 0.386. The maximum atomic E-state index is 10.4. The van der Waals surface area contributed by atoms with Crippen LogP contribution in [-0.2, 0) is 6.54 Å². The fraction of sp³-hybridized carbons (Fsp3) is 0.571. The Kier molecular flexibility index (Phi) is 1.56. The molecule has 0 amide bonds. The standard InChI is InChI=1S/C7H9N3O2/c11-7(12)6-3-8-10(9-6)4-5-1-2-5/h3,5H,1-2,4H2,(H,11,12). The Labute approximate surface area is 69.0 Å². The molecule has 0 aliphatic heterocycles. The summed E-state index contributed by atoms with van der Waals surface area (Å²) in [5.41, 5.74) is 0.0238. The number of nitrogens with zero attached hydrogens (tertiary/aromatic N) is 3. The molecule has 0 radical (unpaired) electrons. The SMILES string of the molecule is O=C(O)c1cnn(CC2CC2)n1. The van der Waals surface area contributed by atoms with Gasteiger partial charge in [-0.15, -0.1) is 5.10 Å². The van der Waals surface area contributed by atoms with Crippen LogP contribution in [0.25, 0.3) is 0 Å². The summed E-state index contributed by atoms with van der Waals surface area (Å²) in [7, 11) is 0. The molecule has 1 aromatic heterocycles. The van der Waals surface area contributed by atoms with Crippen LogP contribution in [0, 0.1) is 5.92 Å². The van der Waals surface area contributed by atoms with E-state index in [4.69, 9.17) is 5.11 Å². The maximum Gasteiger partial charge on any atom is 0.358 e. The van der Waals surface area contributed by atoms with Crippen molar-refractivity contribution in [2.24, 2.45) is 5.92 Å². The van der Waals surface area contributed by atoms with Crippen LogP contribution in [0.15, 0.2) is 6.20 Å². The van der Waals surface area contributed by atoms with E-state index in [0.717, 1.165) is 6.54 Å². The first kappa shape index (κ1) is 7.27. The quantitative estimate of drug-likeness (QED) is 0.706. The van der Waals surface area contributed by atoms with Crippen molar-refractivity contribution in [2.75, 3.05) is 0 Å². The van der Waals surface area contributed by atoms with E-state index < -0.39 is 5.97 Å². The highest BCUT2D eigenvalue weighted by Crippen LogP contribution is 2.29. The van der Waals surface area contributed by atoms with Crippen LogP contribution in [0.1, 0.15) is 23.3 Å². The minimum atomic E-state index is -1.02. The molecule has 1 aromatic rings. The van der Waals surface area contributed by atoms with Crippen LogP contribution in [0.4, 0.5) is 0 Å². The van der Waals surface area contributed by atoms with Gasteiger partial charge in [0.05, 0.1) is 12.7 Å². The summed E-state index contributed by atoms with van der Waals surface area (Å²) in [6.07, 6.45) is 3.71. The molecule has 1 fully saturated rings. The van der Waals surface area contributed by atoms with Crippen molar-refractivity contribution < 1.29 is 9.90 Å². The van der Waals surface area contributed by atoms with E-state index in [1.54, 1.807) is 0 Å². The van der Waals surface area contributed by atoms with Crippen molar-refractivity contribution in [1.82, 2.24) is 15.0 Å². The summed E-state index contributed by atoms with van der Waals surface area (Å²) < 4.78 is 0. The number of hydrogen-bond donors (Lipinski definition) is 1. The van der Waals surface area contributed by atoms with Crippen LogP contribution >= 0.6 is 0 Å². The molecule has 1 heterocycles. The fourth-order valence-electron chi connectivity index (χ4n) is 1.01. The molecule has 1 N–H and O–H groups in total. The van der Waals surface area contributed by atoms with E-state index in [1.807, 2.05) is 0 Å². The van der Waals surface area contributed by atoms with Crippen LogP contribution in [0.2, 0.25) is 0 Å². The van der Waals surface area contributed by atoms with Gasteiger partial charge in [0.25, 0.3) is 0 Å². The molecule has 0 atom stereocenters. The van der Waals surface area contributed by atoms with E-state index in [9.17, 15) is 4.79 Å². The van der Waals surface area contributed by atoms with Crippen molar-refractivity contribution in [1.29, 1.82) is 0 Å². The van der Waals surface area contributed by atoms with Gasteiger partial charge in [-0.2, -0.15) is 9.90 Å². The Morgan fingerprint density at radius 2 is 2.50 bits per heavy atom. The Balaban J connectivity index is 2.06. The van der Waals surface area contributed by atoms with Gasteiger partial charge in [-0.05, 0) is 18.8 Å². The molecule has 64 valence electrons. The van der Waals surface area contributed by atoms with Gasteiger partial charge in [0.2, 0.25) is 0 Å². The van der Waals surface area contributed by atoms with Gasteiger partial charge in [0.15, 0.2) is 5.69 Å². The first-order chi connectivity index (χ1) is 5.75. The molecular weight excluding hydrogens is 158 g/mol. The highest BCUT2D eigenvalue weighted by atomic mass is 16.4. The smallest absolute Gasteiger partial charge is 0.358 e. The Morgan fingerprint density at radius 3 is 3.00 bits per heavy atom. The summed E-state index contributed by atoms with van der Waals surface area (Å²) in [4.78, 5) is 11.9. The Bertz CT molecular complexity index is 303. The average molecular weight is 167 g/mol. The molecule has 1 saturated carbocycles. The third-order valence-corrected chi connectivity index (χ3v) is 1.87. The number of aromatic nitrogens is 3. The lowest BCUT2D eigenvalue weighted by atomic mass is 10.4. The normalized spacial score (nSPS) is 16.3. The first-order valence-electron chi connectivity index (χ1n) is 3.89. The van der Waals surface area contributed by atoms with Crippen LogP contribution in [0.3, 0.4) is 0 Å². The lowest BCUT2D eigenvalue weighted by Gasteiger charge is -1.93. The maximum absolute atomic E-state index is 10.4. The second-order valence-electron chi connectivity index (χ2n) is 3.03. The zero-order chi connectivity index (χ0) is 8.55. The fourth-order valence-corrected chi connectivity index (χ4v) is 1.01. The summed E-state index contributed by atoms with van der Waals surface area (Å²) >= 11 is 0. The minimum absolute atomic E-state index is 0.0238. The molecule has 1 aliphatic carbocycles. The lowest BCUT2D eigenvalue weighted by Crippen LogP contribution is -2.05. The van der Waals surface area contributed by atoms with Crippen molar-refractivity contribution in [3.63, 3.8) is 0 Å². The van der Waals surface area contributed by atoms with Crippen molar-refractivity contribution in [3.05, 3.63) is 11.9 Å². The largest absolute Gasteiger partial charge is 0.476 e. The van der Waals surface area contributed by atoms with E-state index in [-0.39, 0.29) is 5.69 Å². The summed E-state index contributed by atoms with van der Waals surface area (Å²) in [5.74, 6) is -0.351. The molecule has 12 heavy (non-hydrogen) atoms. The van der Waals surface area contributed by atoms with Crippen LogP contribution < -0.4 is 0 Å². The van der Waals surface area contributed by atoms with Gasteiger partial charge in [-0.1, -0.05) is 0 Å². The van der Waals surface area contributed by atoms with Gasteiger partial charge in [0.1, 0.15) is 0 Å². The monoisotopic (exact) mass is 167 g/mol. The summed E-state index contributed by atoms with van der Waals surface area (Å²) in [5, 5.41) is 16.2. The number of carboxylic acids is 1. The summed E-state index contributed by atoms with van der Waals surface area (Å²) in [6.45, 7) is 0.757. The second-order valence-corrected chi connectivity index (χ2v) is 3.03. The van der Waals surface area contributed by atoms with Gasteiger partial charge < -0.3 is 5.11 Å². The van der Waals surface area contributed by atoms with Gasteiger partial charge in [0, 0.05) is 0 Å². The molecule has 2 rings (SSSR count). The number of rotatable bonds is 3. The molecule has 0 bridgehead atoms. The lowest BCUT2D eigenvalue weighted by molar-refractivity contribution is 0.0689. The molecule has 0 unspecified atom stereocenters. The van der Waals surface area contributed by atoms with E-state index in [0.29, 0.717) is 5.92 Å². The third kappa shape index (κ3) is 1.44. The molecular formula is C7H9N3O2. The van der Waals surface area contributed by atoms with E-state index >= 15 is 0 Å². The predicted molar refractivity (Wildman–Crippen MR) is 39.7 cm³/mol. The molecule has 5 heteroatoms. The molecule has 0 saturated heterocycles. The van der Waals surface area contributed by atoms with Crippen molar-refractivity contribution in [3.8, 4) is 0 Å². The van der Waals surface area contributed by atoms with Crippen molar-refractivity contribution >= 4 is 5.97 Å². The van der Waals surface area contributed by atoms with E-state index in [1.165, 1.54) is 23.8 Å². The van der Waals surface area contributed by atoms with Gasteiger partial charge in [-0.3, -0.25) is 0 Å². The number of aromatic carboxylic acids is 1.